The zero-order valence-electron chi connectivity index (χ0n) is 22.1. The number of cyclic esters (lactones) is 1. The fourth-order valence-electron chi connectivity index (χ4n) is 6.63. The summed E-state index contributed by atoms with van der Waals surface area (Å²) >= 11 is 1.53. The summed E-state index contributed by atoms with van der Waals surface area (Å²) < 4.78 is 3.94. The monoisotopic (exact) mass is 524 g/mol. The second-order valence-corrected chi connectivity index (χ2v) is 13.0. The van der Waals surface area contributed by atoms with Gasteiger partial charge < -0.3 is 19.6 Å². The molecule has 0 bridgehead atoms. The number of hydrogen-bond acceptors (Lipinski definition) is 6. The second-order valence-electron chi connectivity index (χ2n) is 11.2. The van der Waals surface area contributed by atoms with Crippen LogP contribution in [-0.4, -0.2) is 69.1 Å². The maximum Gasteiger partial charge on any atom is 0.311 e. The average Bonchev–Trinajstić information content (AvgIpc) is 3.15. The number of thioether (sulfide) groups is 1. The lowest BCUT2D eigenvalue weighted by Crippen LogP contribution is -2.58. The topological polar surface area (TPSA) is 87.2 Å². The van der Waals surface area contributed by atoms with Gasteiger partial charge in [-0.1, -0.05) is 50.3 Å². The van der Waals surface area contributed by atoms with Crippen molar-refractivity contribution in [3.05, 3.63) is 53.6 Å². The average molecular weight is 525 g/mol. The number of aliphatic hydroxyl groups excluding tert-OH is 1. The van der Waals surface area contributed by atoms with Crippen LogP contribution in [0, 0.1) is 31.6 Å². The number of likely N-dealkylation sites (tertiary alicyclic amines) is 1. The van der Waals surface area contributed by atoms with Gasteiger partial charge in [0.1, 0.15) is 6.04 Å². The van der Waals surface area contributed by atoms with Crippen molar-refractivity contribution in [3.8, 4) is 0 Å². The van der Waals surface area contributed by atoms with E-state index in [9.17, 15) is 19.5 Å². The molecule has 0 aliphatic carbocycles. The standard InChI is InChI=1S/C29H36N2O5S/c1-17(2)21(16-32)31-24-26(34)30(20-15-18(3)9-10-19(20)4)13-8-12-29(24)22(25(31)33)23-27(35)36-14-7-6-11-28(23,5)37-29/h6,8-12,15,17,21-24,32H,7,13-14,16H2,1-5H3/t21-,22-,23+,24?,28-,29-/m0/s1. The van der Waals surface area contributed by atoms with Gasteiger partial charge in [-0.2, -0.15) is 0 Å². The Morgan fingerprint density at radius 1 is 1.11 bits per heavy atom. The number of aliphatic hydroxyl groups is 1. The van der Waals surface area contributed by atoms with Crippen molar-refractivity contribution in [2.45, 2.75) is 62.6 Å². The van der Waals surface area contributed by atoms with Gasteiger partial charge in [0.25, 0.3) is 5.91 Å². The number of fused-ring (bicyclic) bond motifs is 2. The minimum Gasteiger partial charge on any atom is -0.465 e. The molecule has 4 aliphatic heterocycles. The van der Waals surface area contributed by atoms with E-state index in [0.29, 0.717) is 13.0 Å². The second kappa shape index (κ2) is 9.31. The Balaban J connectivity index is 1.71. The van der Waals surface area contributed by atoms with Crippen LogP contribution in [0.4, 0.5) is 5.69 Å². The first-order valence-corrected chi connectivity index (χ1v) is 13.9. The molecule has 1 spiro atoms. The molecule has 5 rings (SSSR count). The van der Waals surface area contributed by atoms with Crippen molar-refractivity contribution in [1.82, 2.24) is 4.90 Å². The van der Waals surface area contributed by atoms with Crippen LogP contribution in [0.3, 0.4) is 0 Å². The van der Waals surface area contributed by atoms with Gasteiger partial charge >= 0.3 is 5.97 Å². The predicted molar refractivity (Wildman–Crippen MR) is 144 cm³/mol. The predicted octanol–water partition coefficient (Wildman–Crippen LogP) is 3.41. The Morgan fingerprint density at radius 2 is 1.86 bits per heavy atom. The lowest BCUT2D eigenvalue weighted by atomic mass is 9.74. The molecule has 198 valence electrons. The van der Waals surface area contributed by atoms with Gasteiger partial charge in [-0.25, -0.2) is 0 Å². The lowest BCUT2D eigenvalue weighted by molar-refractivity contribution is -0.154. The molecule has 1 N–H and O–H groups in total. The van der Waals surface area contributed by atoms with Crippen LogP contribution < -0.4 is 4.90 Å². The zero-order chi connectivity index (χ0) is 26.7. The quantitative estimate of drug-likeness (QED) is 0.480. The van der Waals surface area contributed by atoms with E-state index in [1.807, 2.05) is 77.1 Å². The Hall–Kier alpha value is -2.58. The van der Waals surface area contributed by atoms with Crippen molar-refractivity contribution in [1.29, 1.82) is 0 Å². The van der Waals surface area contributed by atoms with E-state index in [4.69, 9.17) is 4.74 Å². The zero-order valence-corrected chi connectivity index (χ0v) is 23.0. The van der Waals surface area contributed by atoms with Gasteiger partial charge in [-0.05, 0) is 50.3 Å². The number of esters is 1. The number of hydrogen-bond donors (Lipinski definition) is 1. The Bertz CT molecular complexity index is 1190. The highest BCUT2D eigenvalue weighted by Crippen LogP contribution is 2.65. The SMILES string of the molecule is Cc1ccc(C)c(N2CC=C[C@]34S[C@@]5(C)C=CCCOC(=O)[C@H]5[C@H]3C(=O)N([C@@H](CO)C(C)C)C4C2=O)c1. The first kappa shape index (κ1) is 26.0. The third-order valence-corrected chi connectivity index (χ3v) is 10.2. The molecule has 1 aromatic carbocycles. The first-order valence-electron chi connectivity index (χ1n) is 13.1. The fourth-order valence-corrected chi connectivity index (χ4v) is 8.77. The summed E-state index contributed by atoms with van der Waals surface area (Å²) in [6, 6.07) is 4.60. The van der Waals surface area contributed by atoms with Crippen molar-refractivity contribution >= 4 is 35.2 Å². The molecule has 2 saturated heterocycles. The minimum atomic E-state index is -0.962. The first-order chi connectivity index (χ1) is 17.6. The summed E-state index contributed by atoms with van der Waals surface area (Å²) in [6.45, 7) is 10.2. The number of nitrogens with zero attached hydrogens (tertiary/aromatic N) is 2. The molecule has 1 unspecified atom stereocenters. The maximum absolute atomic E-state index is 14.6. The number of anilines is 1. The summed E-state index contributed by atoms with van der Waals surface area (Å²) in [6.07, 6.45) is 8.63. The van der Waals surface area contributed by atoms with E-state index < -0.39 is 39.4 Å². The normalized spacial score (nSPS) is 34.0. The van der Waals surface area contributed by atoms with Crippen LogP contribution >= 0.6 is 11.8 Å². The van der Waals surface area contributed by atoms with E-state index in [2.05, 4.69) is 0 Å². The Labute approximate surface area is 222 Å². The number of ether oxygens (including phenoxy) is 1. The minimum absolute atomic E-state index is 0.0837. The Kier molecular flexibility index (Phi) is 6.55. The van der Waals surface area contributed by atoms with E-state index >= 15 is 0 Å². The summed E-state index contributed by atoms with van der Waals surface area (Å²) in [5.74, 6) is -2.42. The van der Waals surface area contributed by atoms with E-state index in [-0.39, 0.29) is 30.9 Å². The number of aryl methyl sites for hydroxylation is 2. The van der Waals surface area contributed by atoms with Gasteiger partial charge in [0.2, 0.25) is 5.91 Å². The molecular formula is C29H36N2O5S. The molecule has 6 atom stereocenters. The largest absolute Gasteiger partial charge is 0.465 e. The van der Waals surface area contributed by atoms with Gasteiger partial charge in [0.15, 0.2) is 0 Å². The molecule has 2 amide bonds. The molecule has 4 aliphatic rings. The molecule has 1 aromatic rings. The van der Waals surface area contributed by atoms with Gasteiger partial charge in [0.05, 0.1) is 35.8 Å². The molecule has 7 nitrogen and oxygen atoms in total. The molecule has 2 fully saturated rings. The van der Waals surface area contributed by atoms with Crippen LogP contribution in [0.5, 0.6) is 0 Å². The molecule has 8 heteroatoms. The van der Waals surface area contributed by atoms with Crippen LogP contribution in [0.1, 0.15) is 38.3 Å². The van der Waals surface area contributed by atoms with Crippen LogP contribution in [0.15, 0.2) is 42.5 Å². The smallest absolute Gasteiger partial charge is 0.311 e. The van der Waals surface area contributed by atoms with Crippen LogP contribution in [-0.2, 0) is 19.1 Å². The molecule has 4 heterocycles. The van der Waals surface area contributed by atoms with E-state index in [1.165, 1.54) is 11.8 Å². The lowest BCUT2D eigenvalue weighted by Gasteiger charge is -2.41. The molecule has 0 aromatic heterocycles. The third-order valence-electron chi connectivity index (χ3n) is 8.43. The van der Waals surface area contributed by atoms with E-state index in [1.54, 1.807) is 9.80 Å². The highest BCUT2D eigenvalue weighted by atomic mass is 32.2. The molecular weight excluding hydrogens is 488 g/mol. The molecule has 37 heavy (non-hydrogen) atoms. The fraction of sp³-hybridized carbons (Fsp3) is 0.552. The Morgan fingerprint density at radius 3 is 2.57 bits per heavy atom. The summed E-state index contributed by atoms with van der Waals surface area (Å²) in [5, 5.41) is 10.4. The van der Waals surface area contributed by atoms with Gasteiger partial charge in [0, 0.05) is 17.0 Å². The number of amides is 2. The summed E-state index contributed by atoms with van der Waals surface area (Å²) in [4.78, 5) is 45.8. The third kappa shape index (κ3) is 3.86. The number of benzene rings is 1. The maximum atomic E-state index is 14.6. The van der Waals surface area contributed by atoms with Gasteiger partial charge in [-0.15, -0.1) is 11.8 Å². The van der Waals surface area contributed by atoms with Crippen molar-refractivity contribution in [3.63, 3.8) is 0 Å². The molecule has 0 saturated carbocycles. The molecule has 0 radical (unpaired) electrons. The van der Waals surface area contributed by atoms with Crippen LogP contribution in [0.25, 0.3) is 0 Å². The highest BCUT2D eigenvalue weighted by molar-refractivity contribution is 8.02. The summed E-state index contributed by atoms with van der Waals surface area (Å²) in [7, 11) is 0. The highest BCUT2D eigenvalue weighted by Gasteiger charge is 2.74. The van der Waals surface area contributed by atoms with Gasteiger partial charge in [-0.3, -0.25) is 14.4 Å². The number of carbonyl (C=O) groups is 3. The number of rotatable bonds is 4. The van der Waals surface area contributed by atoms with Crippen molar-refractivity contribution < 1.29 is 24.2 Å². The van der Waals surface area contributed by atoms with Crippen molar-refractivity contribution in [2.24, 2.45) is 17.8 Å². The summed E-state index contributed by atoms with van der Waals surface area (Å²) in [5.41, 5.74) is 2.82. The van der Waals surface area contributed by atoms with E-state index in [0.717, 1.165) is 16.8 Å². The van der Waals surface area contributed by atoms with Crippen molar-refractivity contribution in [2.75, 3.05) is 24.7 Å². The van der Waals surface area contributed by atoms with Crippen LogP contribution in [0.2, 0.25) is 0 Å². The number of carbonyl (C=O) groups excluding carboxylic acids is 3.